The second-order valence-electron chi connectivity index (χ2n) is 5.01. The van der Waals surface area contributed by atoms with Crippen LogP contribution in [0.25, 0.3) is 0 Å². The molecule has 92 valence electrons. The smallest absolute Gasteiger partial charge is 0.233 e. The molecule has 0 aromatic rings. The maximum absolute atomic E-state index is 11.3. The van der Waals surface area contributed by atoms with Crippen molar-refractivity contribution in [2.45, 2.75) is 31.7 Å². The molecule has 2 atom stereocenters. The van der Waals surface area contributed by atoms with Crippen LogP contribution in [-0.2, 0) is 4.79 Å². The molecule has 2 saturated heterocycles. The van der Waals surface area contributed by atoms with Crippen LogP contribution in [0.5, 0.6) is 0 Å². The minimum absolute atomic E-state index is 0.139. The molecular weight excluding hydrogens is 202 g/mol. The summed E-state index contributed by atoms with van der Waals surface area (Å²) in [4.78, 5) is 13.6. The highest BCUT2D eigenvalue weighted by atomic mass is 16.1. The van der Waals surface area contributed by atoms with E-state index < -0.39 is 0 Å². The van der Waals surface area contributed by atoms with Gasteiger partial charge >= 0.3 is 0 Å². The van der Waals surface area contributed by atoms with E-state index in [9.17, 15) is 4.79 Å². The maximum atomic E-state index is 11.3. The Morgan fingerprint density at radius 2 is 2.31 bits per heavy atom. The molecule has 2 rings (SSSR count). The fourth-order valence-corrected chi connectivity index (χ4v) is 2.96. The Morgan fingerprint density at radius 3 is 3.00 bits per heavy atom. The van der Waals surface area contributed by atoms with Crippen LogP contribution in [-0.4, -0.2) is 50.1 Å². The van der Waals surface area contributed by atoms with Gasteiger partial charge in [0.2, 0.25) is 5.91 Å². The maximum Gasteiger partial charge on any atom is 0.233 e. The van der Waals surface area contributed by atoms with Crippen LogP contribution >= 0.6 is 0 Å². The molecule has 1 amide bonds. The summed E-state index contributed by atoms with van der Waals surface area (Å²) < 4.78 is 0. The molecule has 0 bridgehead atoms. The molecule has 0 aliphatic carbocycles. The third-order valence-corrected chi connectivity index (χ3v) is 3.86. The number of nitrogens with one attached hydrogen (secondary N) is 2. The summed E-state index contributed by atoms with van der Waals surface area (Å²) in [6, 6.07) is 0.701. The lowest BCUT2D eigenvalue weighted by Gasteiger charge is -2.35. The molecule has 0 saturated carbocycles. The molecular formula is C12H23N3O. The molecule has 2 aliphatic rings. The van der Waals surface area contributed by atoms with E-state index in [2.05, 4.69) is 15.5 Å². The molecule has 0 aromatic carbocycles. The summed E-state index contributed by atoms with van der Waals surface area (Å²) in [6.45, 7) is 3.91. The van der Waals surface area contributed by atoms with Gasteiger partial charge in [0.25, 0.3) is 0 Å². The summed E-state index contributed by atoms with van der Waals surface area (Å²) in [5.74, 6) is 0.890. The Morgan fingerprint density at radius 1 is 1.44 bits per heavy atom. The molecule has 0 aromatic heterocycles. The lowest BCUT2D eigenvalue weighted by molar-refractivity contribution is -0.122. The summed E-state index contributed by atoms with van der Waals surface area (Å²) in [5, 5.41) is 6.29. The highest BCUT2D eigenvalue weighted by Crippen LogP contribution is 2.24. The Labute approximate surface area is 97.8 Å². The van der Waals surface area contributed by atoms with Crippen LogP contribution < -0.4 is 10.6 Å². The number of hydrogen-bond acceptors (Lipinski definition) is 3. The van der Waals surface area contributed by atoms with Gasteiger partial charge in [-0.15, -0.1) is 0 Å². The van der Waals surface area contributed by atoms with Gasteiger partial charge in [-0.1, -0.05) is 0 Å². The Balaban J connectivity index is 1.81. The number of carbonyl (C=O) groups excluding carboxylic acids is 1. The van der Waals surface area contributed by atoms with Crippen molar-refractivity contribution in [3.05, 3.63) is 0 Å². The highest BCUT2D eigenvalue weighted by Gasteiger charge is 2.29. The van der Waals surface area contributed by atoms with Crippen molar-refractivity contribution in [1.29, 1.82) is 0 Å². The van der Waals surface area contributed by atoms with Crippen molar-refractivity contribution >= 4 is 5.91 Å². The topological polar surface area (TPSA) is 44.4 Å². The number of likely N-dealkylation sites (N-methyl/N-ethyl adjacent to an activating group) is 1. The fraction of sp³-hybridized carbons (Fsp3) is 0.917. The molecule has 2 heterocycles. The number of rotatable bonds is 3. The summed E-state index contributed by atoms with van der Waals surface area (Å²) in [5.41, 5.74) is 0. The number of nitrogens with zero attached hydrogens (tertiary/aromatic N) is 1. The van der Waals surface area contributed by atoms with Crippen LogP contribution in [0.2, 0.25) is 0 Å². The van der Waals surface area contributed by atoms with E-state index in [0.717, 1.165) is 19.0 Å². The molecule has 2 unspecified atom stereocenters. The zero-order chi connectivity index (χ0) is 11.4. The average Bonchev–Trinajstić information content (AvgIpc) is 2.83. The molecule has 4 heteroatoms. The van der Waals surface area contributed by atoms with E-state index in [-0.39, 0.29) is 5.91 Å². The van der Waals surface area contributed by atoms with Gasteiger partial charge in [0.05, 0.1) is 6.54 Å². The van der Waals surface area contributed by atoms with Crippen LogP contribution in [0.3, 0.4) is 0 Å². The summed E-state index contributed by atoms with van der Waals surface area (Å²) in [6.07, 6.45) is 5.19. The quantitative estimate of drug-likeness (QED) is 0.721. The van der Waals surface area contributed by atoms with Gasteiger partial charge in [0.15, 0.2) is 0 Å². The largest absolute Gasteiger partial charge is 0.358 e. The van der Waals surface area contributed by atoms with Gasteiger partial charge in [-0.25, -0.2) is 0 Å². The second-order valence-corrected chi connectivity index (χ2v) is 5.01. The van der Waals surface area contributed by atoms with Gasteiger partial charge in [-0.3, -0.25) is 9.69 Å². The molecule has 0 spiro atoms. The van der Waals surface area contributed by atoms with E-state index in [0.29, 0.717) is 12.6 Å². The molecule has 2 aliphatic heterocycles. The van der Waals surface area contributed by atoms with Crippen molar-refractivity contribution in [3.8, 4) is 0 Å². The second kappa shape index (κ2) is 5.64. The van der Waals surface area contributed by atoms with Crippen molar-refractivity contribution < 1.29 is 4.79 Å². The van der Waals surface area contributed by atoms with Gasteiger partial charge in [0, 0.05) is 19.6 Å². The average molecular weight is 225 g/mol. The van der Waals surface area contributed by atoms with E-state index in [1.54, 1.807) is 7.05 Å². The van der Waals surface area contributed by atoms with E-state index in [4.69, 9.17) is 0 Å². The molecule has 4 nitrogen and oxygen atoms in total. The number of hydrogen-bond donors (Lipinski definition) is 2. The minimum Gasteiger partial charge on any atom is -0.358 e. The molecule has 2 fully saturated rings. The van der Waals surface area contributed by atoms with Gasteiger partial charge in [-0.05, 0) is 44.7 Å². The first-order valence-corrected chi connectivity index (χ1v) is 6.46. The Hall–Kier alpha value is -0.610. The van der Waals surface area contributed by atoms with Gasteiger partial charge < -0.3 is 10.6 Å². The van der Waals surface area contributed by atoms with Crippen LogP contribution in [0.15, 0.2) is 0 Å². The van der Waals surface area contributed by atoms with E-state index in [1.165, 1.54) is 32.2 Å². The van der Waals surface area contributed by atoms with Crippen molar-refractivity contribution in [1.82, 2.24) is 15.5 Å². The summed E-state index contributed by atoms with van der Waals surface area (Å²) in [7, 11) is 1.71. The normalized spacial score (nSPS) is 31.6. The standard InChI is InChI=1S/C12H23N3O/c1-13-12(16)9-15-7-3-4-10(8-15)11-5-2-6-14-11/h10-11,14H,2-9H2,1H3,(H,13,16). The minimum atomic E-state index is 0.139. The fourth-order valence-electron chi connectivity index (χ4n) is 2.96. The number of carbonyl (C=O) groups is 1. The van der Waals surface area contributed by atoms with Crippen LogP contribution in [0.4, 0.5) is 0 Å². The van der Waals surface area contributed by atoms with E-state index in [1.807, 2.05) is 0 Å². The monoisotopic (exact) mass is 225 g/mol. The zero-order valence-corrected chi connectivity index (χ0v) is 10.2. The molecule has 2 N–H and O–H groups in total. The molecule has 0 radical (unpaired) electrons. The summed E-state index contributed by atoms with van der Waals surface area (Å²) >= 11 is 0. The lowest BCUT2D eigenvalue weighted by atomic mass is 9.90. The first-order valence-electron chi connectivity index (χ1n) is 6.46. The Bertz CT molecular complexity index is 238. The van der Waals surface area contributed by atoms with E-state index >= 15 is 0 Å². The first-order chi connectivity index (χ1) is 7.79. The van der Waals surface area contributed by atoms with Gasteiger partial charge in [0.1, 0.15) is 0 Å². The number of amides is 1. The predicted molar refractivity (Wildman–Crippen MR) is 64.3 cm³/mol. The Kier molecular flexibility index (Phi) is 4.18. The van der Waals surface area contributed by atoms with Gasteiger partial charge in [-0.2, -0.15) is 0 Å². The molecule has 16 heavy (non-hydrogen) atoms. The SMILES string of the molecule is CNC(=O)CN1CCCC(C2CCCN2)C1. The predicted octanol–water partition coefficient (Wildman–Crippen LogP) is 0.196. The van der Waals surface area contributed by atoms with Crippen LogP contribution in [0, 0.1) is 5.92 Å². The first kappa shape index (κ1) is 11.9. The van der Waals surface area contributed by atoms with Crippen molar-refractivity contribution in [3.63, 3.8) is 0 Å². The third-order valence-electron chi connectivity index (χ3n) is 3.86. The third kappa shape index (κ3) is 2.95. The number of piperidine rings is 1. The van der Waals surface area contributed by atoms with Crippen molar-refractivity contribution in [2.24, 2.45) is 5.92 Å². The van der Waals surface area contributed by atoms with Crippen LogP contribution in [0.1, 0.15) is 25.7 Å². The zero-order valence-electron chi connectivity index (χ0n) is 10.2. The lowest BCUT2D eigenvalue weighted by Crippen LogP contribution is -2.46. The van der Waals surface area contributed by atoms with Crippen molar-refractivity contribution in [2.75, 3.05) is 33.2 Å². The number of likely N-dealkylation sites (tertiary alicyclic amines) is 1. The highest BCUT2D eigenvalue weighted by molar-refractivity contribution is 5.77.